The SMILES string of the molecule is CCC1(CC)O[C@@H]2[C@H](O1)[C@@H](O)O[C@@H]2[C@H]1COC(CC)(CC)O1. The molecule has 6 nitrogen and oxygen atoms in total. The van der Waals surface area contributed by atoms with Crippen molar-refractivity contribution >= 4 is 0 Å². The minimum Gasteiger partial charge on any atom is -0.366 e. The second-order valence-electron chi connectivity index (χ2n) is 6.36. The summed E-state index contributed by atoms with van der Waals surface area (Å²) in [6.07, 6.45) is 0.718. The van der Waals surface area contributed by atoms with Crippen LogP contribution in [0.2, 0.25) is 0 Å². The summed E-state index contributed by atoms with van der Waals surface area (Å²) in [7, 11) is 0. The standard InChI is InChI=1S/C16H28O6/c1-5-15(6-2)18-9-10(20-15)11-12-13(14(17)19-11)22-16(7-3,8-4)21-12/h10-14,17H,5-9H2,1-4H3/t10-,11-,12+,13+,14+/m1/s1. The summed E-state index contributed by atoms with van der Waals surface area (Å²) >= 11 is 0. The highest BCUT2D eigenvalue weighted by Crippen LogP contribution is 2.44. The van der Waals surface area contributed by atoms with Gasteiger partial charge in [0.1, 0.15) is 24.4 Å². The molecule has 3 aliphatic heterocycles. The van der Waals surface area contributed by atoms with E-state index >= 15 is 0 Å². The normalized spacial score (nSPS) is 42.7. The molecule has 1 N–H and O–H groups in total. The van der Waals surface area contributed by atoms with Crippen LogP contribution in [0.5, 0.6) is 0 Å². The maximum Gasteiger partial charge on any atom is 0.184 e. The molecule has 0 amide bonds. The van der Waals surface area contributed by atoms with Crippen molar-refractivity contribution in [1.29, 1.82) is 0 Å². The molecule has 3 saturated heterocycles. The number of fused-ring (bicyclic) bond motifs is 1. The van der Waals surface area contributed by atoms with Crippen LogP contribution in [0, 0.1) is 0 Å². The Labute approximate surface area is 132 Å². The van der Waals surface area contributed by atoms with Crippen LogP contribution in [-0.2, 0) is 23.7 Å². The van der Waals surface area contributed by atoms with Gasteiger partial charge in [-0.15, -0.1) is 0 Å². The number of aliphatic hydroxyl groups excluding tert-OH is 1. The van der Waals surface area contributed by atoms with Gasteiger partial charge in [0.25, 0.3) is 0 Å². The van der Waals surface area contributed by atoms with E-state index in [2.05, 4.69) is 0 Å². The van der Waals surface area contributed by atoms with E-state index in [1.807, 2.05) is 27.7 Å². The Morgan fingerprint density at radius 3 is 1.95 bits per heavy atom. The lowest BCUT2D eigenvalue weighted by molar-refractivity contribution is -0.252. The third-order valence-electron chi connectivity index (χ3n) is 5.32. The van der Waals surface area contributed by atoms with Gasteiger partial charge in [0.05, 0.1) is 6.61 Å². The largest absolute Gasteiger partial charge is 0.366 e. The van der Waals surface area contributed by atoms with Gasteiger partial charge in [-0.2, -0.15) is 0 Å². The summed E-state index contributed by atoms with van der Waals surface area (Å²) in [6.45, 7) is 8.61. The second kappa shape index (κ2) is 6.00. The van der Waals surface area contributed by atoms with Crippen LogP contribution in [0.4, 0.5) is 0 Å². The molecule has 0 saturated carbocycles. The molecule has 5 atom stereocenters. The second-order valence-corrected chi connectivity index (χ2v) is 6.36. The average Bonchev–Trinajstić information content (AvgIpc) is 3.21. The predicted octanol–water partition coefficient (Wildman–Crippen LogP) is 1.94. The highest BCUT2D eigenvalue weighted by atomic mass is 16.8. The minimum absolute atomic E-state index is 0.238. The van der Waals surface area contributed by atoms with E-state index in [1.54, 1.807) is 0 Å². The Bertz CT molecular complexity index is 392. The Hall–Kier alpha value is -0.240. The van der Waals surface area contributed by atoms with Crippen molar-refractivity contribution in [2.24, 2.45) is 0 Å². The number of ether oxygens (including phenoxy) is 5. The minimum atomic E-state index is -0.975. The van der Waals surface area contributed by atoms with E-state index in [0.29, 0.717) is 6.61 Å². The molecule has 3 rings (SSSR count). The predicted molar refractivity (Wildman–Crippen MR) is 78.1 cm³/mol. The van der Waals surface area contributed by atoms with E-state index in [1.165, 1.54) is 0 Å². The summed E-state index contributed by atoms with van der Waals surface area (Å²) in [5.41, 5.74) is 0. The van der Waals surface area contributed by atoms with E-state index < -0.39 is 24.0 Å². The van der Waals surface area contributed by atoms with Gasteiger partial charge in [-0.3, -0.25) is 0 Å². The fourth-order valence-electron chi connectivity index (χ4n) is 3.69. The maximum atomic E-state index is 10.2. The van der Waals surface area contributed by atoms with Crippen LogP contribution in [0.3, 0.4) is 0 Å². The lowest BCUT2D eigenvalue weighted by Gasteiger charge is -2.30. The van der Waals surface area contributed by atoms with Gasteiger partial charge >= 0.3 is 0 Å². The van der Waals surface area contributed by atoms with Crippen molar-refractivity contribution in [3.05, 3.63) is 0 Å². The monoisotopic (exact) mass is 316 g/mol. The number of rotatable bonds is 5. The summed E-state index contributed by atoms with van der Waals surface area (Å²) < 4.78 is 29.8. The van der Waals surface area contributed by atoms with Crippen molar-refractivity contribution in [1.82, 2.24) is 0 Å². The smallest absolute Gasteiger partial charge is 0.184 e. The van der Waals surface area contributed by atoms with Crippen LogP contribution in [0.25, 0.3) is 0 Å². The number of aliphatic hydroxyl groups is 1. The first-order valence-electron chi connectivity index (χ1n) is 8.53. The molecule has 0 radical (unpaired) electrons. The fraction of sp³-hybridized carbons (Fsp3) is 1.00. The molecule has 22 heavy (non-hydrogen) atoms. The first-order valence-corrected chi connectivity index (χ1v) is 8.53. The van der Waals surface area contributed by atoms with Gasteiger partial charge < -0.3 is 28.8 Å². The summed E-state index contributed by atoms with van der Waals surface area (Å²) in [5, 5.41) is 10.2. The molecule has 3 heterocycles. The van der Waals surface area contributed by atoms with Crippen LogP contribution < -0.4 is 0 Å². The van der Waals surface area contributed by atoms with Gasteiger partial charge in [-0.25, -0.2) is 0 Å². The lowest BCUT2D eigenvalue weighted by atomic mass is 10.1. The molecule has 3 aliphatic rings. The van der Waals surface area contributed by atoms with Gasteiger partial charge in [-0.05, 0) is 25.7 Å². The van der Waals surface area contributed by atoms with E-state index in [4.69, 9.17) is 23.7 Å². The first-order chi connectivity index (χ1) is 10.5. The number of hydrogen-bond acceptors (Lipinski definition) is 6. The van der Waals surface area contributed by atoms with Gasteiger partial charge in [-0.1, -0.05) is 27.7 Å². The molecule has 0 aromatic heterocycles. The quantitative estimate of drug-likeness (QED) is 0.836. The van der Waals surface area contributed by atoms with Crippen molar-refractivity contribution in [3.8, 4) is 0 Å². The van der Waals surface area contributed by atoms with Crippen molar-refractivity contribution < 1.29 is 28.8 Å². The Balaban J connectivity index is 1.74. The molecule has 0 unspecified atom stereocenters. The highest BCUT2D eigenvalue weighted by molar-refractivity contribution is 5.00. The zero-order chi connectivity index (χ0) is 16.0. The number of hydrogen-bond donors (Lipinski definition) is 1. The van der Waals surface area contributed by atoms with E-state index in [0.717, 1.165) is 25.7 Å². The van der Waals surface area contributed by atoms with Crippen LogP contribution >= 0.6 is 0 Å². The molecule has 0 bridgehead atoms. The summed E-state index contributed by atoms with van der Waals surface area (Å²) in [6, 6.07) is 0. The fourth-order valence-corrected chi connectivity index (χ4v) is 3.69. The van der Waals surface area contributed by atoms with Gasteiger partial charge in [0.2, 0.25) is 0 Å². The maximum absolute atomic E-state index is 10.2. The van der Waals surface area contributed by atoms with Crippen LogP contribution in [0.15, 0.2) is 0 Å². The Kier molecular flexibility index (Phi) is 4.53. The van der Waals surface area contributed by atoms with E-state index in [-0.39, 0.29) is 18.3 Å². The van der Waals surface area contributed by atoms with Crippen LogP contribution in [0.1, 0.15) is 53.4 Å². The summed E-state index contributed by atoms with van der Waals surface area (Å²) in [4.78, 5) is 0. The van der Waals surface area contributed by atoms with Crippen molar-refractivity contribution in [2.45, 2.75) is 95.7 Å². The van der Waals surface area contributed by atoms with Gasteiger partial charge in [0.15, 0.2) is 17.9 Å². The molecule has 0 spiro atoms. The molecular weight excluding hydrogens is 288 g/mol. The zero-order valence-corrected chi connectivity index (χ0v) is 13.9. The topological polar surface area (TPSA) is 66.4 Å². The lowest BCUT2D eigenvalue weighted by Crippen LogP contribution is -2.42. The molecule has 0 aromatic rings. The van der Waals surface area contributed by atoms with E-state index in [9.17, 15) is 5.11 Å². The first kappa shape index (κ1) is 16.6. The molecular formula is C16H28O6. The van der Waals surface area contributed by atoms with Gasteiger partial charge in [0, 0.05) is 0 Å². The third-order valence-corrected chi connectivity index (χ3v) is 5.32. The Morgan fingerprint density at radius 1 is 0.818 bits per heavy atom. The average molecular weight is 316 g/mol. The summed E-state index contributed by atoms with van der Waals surface area (Å²) in [5.74, 6) is -1.16. The molecule has 6 heteroatoms. The third kappa shape index (κ3) is 2.50. The van der Waals surface area contributed by atoms with Crippen molar-refractivity contribution in [3.63, 3.8) is 0 Å². The van der Waals surface area contributed by atoms with Crippen LogP contribution in [-0.4, -0.2) is 54.0 Å². The molecule has 0 aromatic carbocycles. The van der Waals surface area contributed by atoms with Crippen molar-refractivity contribution in [2.75, 3.05) is 6.61 Å². The highest BCUT2D eigenvalue weighted by Gasteiger charge is 2.60. The Morgan fingerprint density at radius 2 is 1.41 bits per heavy atom. The zero-order valence-electron chi connectivity index (χ0n) is 13.9. The molecule has 0 aliphatic carbocycles. The molecule has 3 fully saturated rings. The molecule has 128 valence electrons.